The molecule has 1 aliphatic rings. The van der Waals surface area contributed by atoms with E-state index in [9.17, 15) is 4.79 Å². The lowest BCUT2D eigenvalue weighted by Crippen LogP contribution is -2.29. The molecule has 22 heavy (non-hydrogen) atoms. The molecule has 0 unspecified atom stereocenters. The largest absolute Gasteiger partial charge is 0.349 e. The number of rotatable bonds is 5. The molecule has 1 atom stereocenters. The number of fused-ring (bicyclic) bond motifs is 1. The number of hydrogen-bond donors (Lipinski definition) is 1. The van der Waals surface area contributed by atoms with Crippen molar-refractivity contribution in [3.8, 4) is 0 Å². The molecule has 2 aromatic rings. The highest BCUT2D eigenvalue weighted by atomic mass is 32.1. The number of carbonyl (C=O) groups excluding carboxylic acids is 1. The van der Waals surface area contributed by atoms with Crippen molar-refractivity contribution < 1.29 is 4.79 Å². The number of hydrogen-bond acceptors (Lipinski definition) is 2. The first-order chi connectivity index (χ1) is 10.8. The predicted octanol–water partition coefficient (Wildman–Crippen LogP) is 4.44. The van der Waals surface area contributed by atoms with E-state index < -0.39 is 0 Å². The van der Waals surface area contributed by atoms with Crippen LogP contribution in [0.1, 0.15) is 53.8 Å². The van der Waals surface area contributed by atoms with E-state index in [0.717, 1.165) is 11.3 Å². The van der Waals surface area contributed by atoms with Gasteiger partial charge in [-0.2, -0.15) is 0 Å². The minimum absolute atomic E-state index is 0.118. The van der Waals surface area contributed by atoms with E-state index in [-0.39, 0.29) is 11.9 Å². The van der Waals surface area contributed by atoms with Crippen LogP contribution in [0.3, 0.4) is 0 Å². The summed E-state index contributed by atoms with van der Waals surface area (Å²) in [6, 6.07) is 10.9. The summed E-state index contributed by atoms with van der Waals surface area (Å²) in [5.74, 6) is 0.118. The maximum absolute atomic E-state index is 12.2. The second-order valence-electron chi connectivity index (χ2n) is 6.02. The summed E-state index contributed by atoms with van der Waals surface area (Å²) >= 11 is 1.64. The van der Waals surface area contributed by atoms with E-state index >= 15 is 0 Å². The van der Waals surface area contributed by atoms with Crippen LogP contribution in [0.4, 0.5) is 0 Å². The third-order valence-corrected chi connectivity index (χ3v) is 5.31. The van der Waals surface area contributed by atoms with Crippen LogP contribution in [-0.4, -0.2) is 5.91 Å². The summed E-state index contributed by atoms with van der Waals surface area (Å²) in [6.45, 7) is 2.13. The Balaban J connectivity index is 1.69. The molecule has 0 aliphatic heterocycles. The molecular weight excluding hydrogens is 290 g/mol. The van der Waals surface area contributed by atoms with Crippen molar-refractivity contribution in [1.29, 1.82) is 0 Å². The van der Waals surface area contributed by atoms with E-state index in [0.29, 0.717) is 6.42 Å². The van der Waals surface area contributed by atoms with E-state index in [1.54, 1.807) is 11.3 Å². The van der Waals surface area contributed by atoms with Gasteiger partial charge in [0.1, 0.15) is 0 Å². The maximum atomic E-state index is 12.2. The Morgan fingerprint density at radius 2 is 2.05 bits per heavy atom. The van der Waals surface area contributed by atoms with Gasteiger partial charge in [-0.15, -0.1) is 11.3 Å². The molecule has 0 saturated carbocycles. The molecule has 1 heterocycles. The highest BCUT2D eigenvalue weighted by Crippen LogP contribution is 2.26. The highest BCUT2D eigenvalue weighted by Gasteiger charge is 2.16. The molecule has 1 aromatic heterocycles. The van der Waals surface area contributed by atoms with Gasteiger partial charge in [0.2, 0.25) is 5.91 Å². The van der Waals surface area contributed by atoms with Crippen LogP contribution < -0.4 is 5.32 Å². The third kappa shape index (κ3) is 3.58. The molecule has 0 bridgehead atoms. The smallest absolute Gasteiger partial charge is 0.225 e. The fourth-order valence-electron chi connectivity index (χ4n) is 3.21. The lowest BCUT2D eigenvalue weighted by molar-refractivity contribution is -0.121. The topological polar surface area (TPSA) is 29.1 Å². The second-order valence-corrected chi connectivity index (χ2v) is 7.05. The molecule has 3 rings (SSSR count). The highest BCUT2D eigenvalue weighted by molar-refractivity contribution is 7.10. The SMILES string of the molecule is CC[C@@H](NC(=O)Cc1cccs1)c1ccc2c(c1)CCCC2. The standard InChI is InChI=1S/C19H23NOS/c1-2-18(20-19(21)13-17-8-5-11-22-17)16-10-9-14-6-3-4-7-15(14)12-16/h5,8-12,18H,2-4,6-7,13H2,1H3,(H,20,21)/t18-/m1/s1. The number of nitrogens with one attached hydrogen (secondary N) is 1. The Bertz CT molecular complexity index is 633. The Kier molecular flexibility index (Phi) is 4.94. The van der Waals surface area contributed by atoms with Gasteiger partial charge in [0.15, 0.2) is 0 Å². The van der Waals surface area contributed by atoms with E-state index in [1.165, 1.54) is 42.4 Å². The summed E-state index contributed by atoms with van der Waals surface area (Å²) in [6.07, 6.45) is 6.40. The third-order valence-electron chi connectivity index (χ3n) is 4.43. The van der Waals surface area contributed by atoms with Crippen molar-refractivity contribution in [3.63, 3.8) is 0 Å². The molecule has 1 amide bonds. The molecule has 0 saturated heterocycles. The Morgan fingerprint density at radius 3 is 2.77 bits per heavy atom. The van der Waals surface area contributed by atoms with Crippen LogP contribution in [0.2, 0.25) is 0 Å². The lowest BCUT2D eigenvalue weighted by atomic mass is 9.89. The molecule has 2 nitrogen and oxygen atoms in total. The molecule has 0 radical (unpaired) electrons. The van der Waals surface area contributed by atoms with E-state index in [2.05, 4.69) is 30.4 Å². The molecule has 3 heteroatoms. The minimum atomic E-state index is 0.118. The van der Waals surface area contributed by atoms with Crippen molar-refractivity contribution in [2.24, 2.45) is 0 Å². The first-order valence-electron chi connectivity index (χ1n) is 8.19. The number of amides is 1. The van der Waals surface area contributed by atoms with Crippen LogP contribution in [0, 0.1) is 0 Å². The Morgan fingerprint density at radius 1 is 1.23 bits per heavy atom. The number of thiophene rings is 1. The van der Waals surface area contributed by atoms with Gasteiger partial charge in [-0.25, -0.2) is 0 Å². The van der Waals surface area contributed by atoms with Crippen LogP contribution in [0.15, 0.2) is 35.7 Å². The van der Waals surface area contributed by atoms with E-state index in [1.807, 2.05) is 17.5 Å². The van der Waals surface area contributed by atoms with Crippen molar-refractivity contribution in [3.05, 3.63) is 57.3 Å². The quantitative estimate of drug-likeness (QED) is 0.869. The summed E-state index contributed by atoms with van der Waals surface area (Å²) in [7, 11) is 0. The average Bonchev–Trinajstić information content (AvgIpc) is 3.05. The zero-order valence-electron chi connectivity index (χ0n) is 13.1. The van der Waals surface area contributed by atoms with Crippen LogP contribution in [0.25, 0.3) is 0 Å². The fraction of sp³-hybridized carbons (Fsp3) is 0.421. The molecule has 1 aromatic carbocycles. The molecule has 1 N–H and O–H groups in total. The van der Waals surface area contributed by atoms with Gasteiger partial charge in [-0.05, 0) is 60.2 Å². The normalized spacial score (nSPS) is 15.1. The maximum Gasteiger partial charge on any atom is 0.225 e. The van der Waals surface area contributed by atoms with Crippen LogP contribution in [0.5, 0.6) is 0 Å². The summed E-state index contributed by atoms with van der Waals surface area (Å²) in [5, 5.41) is 5.21. The van der Waals surface area contributed by atoms with Gasteiger partial charge in [0.05, 0.1) is 12.5 Å². The summed E-state index contributed by atoms with van der Waals surface area (Å²) in [5.41, 5.74) is 4.23. The van der Waals surface area contributed by atoms with Gasteiger partial charge >= 0.3 is 0 Å². The Hall–Kier alpha value is -1.61. The van der Waals surface area contributed by atoms with Gasteiger partial charge in [0, 0.05) is 4.88 Å². The monoisotopic (exact) mass is 313 g/mol. The first kappa shape index (κ1) is 15.3. The zero-order chi connectivity index (χ0) is 15.4. The van der Waals surface area contributed by atoms with Crippen LogP contribution in [-0.2, 0) is 24.1 Å². The van der Waals surface area contributed by atoms with Crippen molar-refractivity contribution >= 4 is 17.2 Å². The minimum Gasteiger partial charge on any atom is -0.349 e. The lowest BCUT2D eigenvalue weighted by Gasteiger charge is -2.21. The number of aryl methyl sites for hydroxylation is 2. The molecule has 1 aliphatic carbocycles. The summed E-state index contributed by atoms with van der Waals surface area (Å²) < 4.78 is 0. The van der Waals surface area contributed by atoms with Crippen LogP contribution >= 0.6 is 11.3 Å². The molecular formula is C19H23NOS. The molecule has 0 fully saturated rings. The van der Waals surface area contributed by atoms with Crippen molar-refractivity contribution in [2.45, 2.75) is 51.5 Å². The van der Waals surface area contributed by atoms with Gasteiger partial charge in [-0.3, -0.25) is 4.79 Å². The van der Waals surface area contributed by atoms with Gasteiger partial charge in [0.25, 0.3) is 0 Å². The second kappa shape index (κ2) is 7.10. The first-order valence-corrected chi connectivity index (χ1v) is 9.07. The van der Waals surface area contributed by atoms with Crippen molar-refractivity contribution in [2.75, 3.05) is 0 Å². The van der Waals surface area contributed by atoms with Gasteiger partial charge in [-0.1, -0.05) is 31.2 Å². The number of carbonyl (C=O) groups is 1. The van der Waals surface area contributed by atoms with E-state index in [4.69, 9.17) is 0 Å². The molecule has 0 spiro atoms. The van der Waals surface area contributed by atoms with Gasteiger partial charge < -0.3 is 5.32 Å². The fourth-order valence-corrected chi connectivity index (χ4v) is 3.91. The summed E-state index contributed by atoms with van der Waals surface area (Å²) in [4.78, 5) is 13.4. The zero-order valence-corrected chi connectivity index (χ0v) is 13.9. The molecule has 116 valence electrons. The predicted molar refractivity (Wildman–Crippen MR) is 92.3 cm³/mol. The average molecular weight is 313 g/mol. The van der Waals surface area contributed by atoms with Crippen molar-refractivity contribution in [1.82, 2.24) is 5.32 Å². The Labute approximate surface area is 136 Å². The number of benzene rings is 1.